The average Bonchev–Trinajstić information content (AvgIpc) is 3.01. The Morgan fingerprint density at radius 1 is 1.67 bits per heavy atom. The molecule has 4 nitrogen and oxygen atoms in total. The van der Waals surface area contributed by atoms with Crippen LogP contribution in [-0.2, 0) is 14.3 Å². The number of carboxylic acid groups (broad SMARTS) is 1. The summed E-state index contributed by atoms with van der Waals surface area (Å²) >= 11 is 0. The highest BCUT2D eigenvalue weighted by Gasteiger charge is 2.55. The highest BCUT2D eigenvalue weighted by atomic mass is 16.5. The Hall–Kier alpha value is -1.03. The van der Waals surface area contributed by atoms with Crippen molar-refractivity contribution < 1.29 is 19.4 Å². The van der Waals surface area contributed by atoms with Crippen LogP contribution in [0, 0.1) is 5.41 Å². The molecule has 84 valence electrons. The van der Waals surface area contributed by atoms with Crippen molar-refractivity contribution in [3.05, 3.63) is 11.8 Å². The topological polar surface area (TPSA) is 55.8 Å². The van der Waals surface area contributed by atoms with Gasteiger partial charge in [0.2, 0.25) is 0 Å². The summed E-state index contributed by atoms with van der Waals surface area (Å²) in [5, 5.41) is 9.09. The van der Waals surface area contributed by atoms with Crippen molar-refractivity contribution in [3.63, 3.8) is 0 Å². The summed E-state index contributed by atoms with van der Waals surface area (Å²) in [6.45, 7) is 0.740. The molecule has 0 spiro atoms. The second-order valence-corrected chi connectivity index (χ2v) is 4.23. The molecule has 1 fully saturated rings. The SMILES string of the molecule is COC(C(=O)O)C1(C2=COCCC2)CC1. The second kappa shape index (κ2) is 3.85. The average molecular weight is 212 g/mol. The van der Waals surface area contributed by atoms with Crippen LogP contribution in [-0.4, -0.2) is 30.9 Å². The molecular formula is C11H16O4. The lowest BCUT2D eigenvalue weighted by Gasteiger charge is -2.27. The van der Waals surface area contributed by atoms with E-state index in [4.69, 9.17) is 14.6 Å². The summed E-state index contributed by atoms with van der Waals surface area (Å²) in [7, 11) is 1.46. The molecule has 0 aromatic heterocycles. The van der Waals surface area contributed by atoms with Crippen LogP contribution in [0.25, 0.3) is 0 Å². The highest BCUT2D eigenvalue weighted by molar-refractivity contribution is 5.75. The third kappa shape index (κ3) is 1.74. The fourth-order valence-electron chi connectivity index (χ4n) is 2.38. The minimum atomic E-state index is -0.874. The molecule has 1 aliphatic heterocycles. The molecule has 1 unspecified atom stereocenters. The van der Waals surface area contributed by atoms with E-state index in [2.05, 4.69) is 0 Å². The molecule has 0 saturated heterocycles. The molecule has 1 N–H and O–H groups in total. The number of aliphatic carboxylic acids is 1. The van der Waals surface area contributed by atoms with Crippen LogP contribution < -0.4 is 0 Å². The van der Waals surface area contributed by atoms with Gasteiger partial charge in [0.05, 0.1) is 12.9 Å². The molecule has 1 saturated carbocycles. The lowest BCUT2D eigenvalue weighted by atomic mass is 9.86. The van der Waals surface area contributed by atoms with Crippen LogP contribution in [0.3, 0.4) is 0 Å². The van der Waals surface area contributed by atoms with E-state index in [0.717, 1.165) is 37.9 Å². The van der Waals surface area contributed by atoms with Gasteiger partial charge in [-0.2, -0.15) is 0 Å². The van der Waals surface area contributed by atoms with E-state index < -0.39 is 12.1 Å². The normalized spacial score (nSPS) is 25.0. The van der Waals surface area contributed by atoms with Crippen molar-refractivity contribution in [2.24, 2.45) is 5.41 Å². The number of methoxy groups -OCH3 is 1. The van der Waals surface area contributed by atoms with Gasteiger partial charge in [-0.25, -0.2) is 4.79 Å². The van der Waals surface area contributed by atoms with Gasteiger partial charge in [0, 0.05) is 12.5 Å². The van der Waals surface area contributed by atoms with Crippen molar-refractivity contribution >= 4 is 5.97 Å². The number of hydrogen-bond donors (Lipinski definition) is 1. The number of carboxylic acids is 1. The summed E-state index contributed by atoms with van der Waals surface area (Å²) in [5.41, 5.74) is 0.837. The fourth-order valence-corrected chi connectivity index (χ4v) is 2.38. The quantitative estimate of drug-likeness (QED) is 0.768. The van der Waals surface area contributed by atoms with E-state index in [-0.39, 0.29) is 5.41 Å². The highest BCUT2D eigenvalue weighted by Crippen LogP contribution is 2.57. The van der Waals surface area contributed by atoms with Crippen LogP contribution in [0.2, 0.25) is 0 Å². The minimum absolute atomic E-state index is 0.277. The van der Waals surface area contributed by atoms with Gasteiger partial charge in [-0.1, -0.05) is 0 Å². The van der Waals surface area contributed by atoms with E-state index in [0.29, 0.717) is 0 Å². The maximum atomic E-state index is 11.1. The Morgan fingerprint density at radius 2 is 2.40 bits per heavy atom. The van der Waals surface area contributed by atoms with Gasteiger partial charge in [-0.15, -0.1) is 0 Å². The number of ether oxygens (including phenoxy) is 2. The molecule has 1 heterocycles. The largest absolute Gasteiger partial charge is 0.501 e. The maximum Gasteiger partial charge on any atom is 0.333 e. The van der Waals surface area contributed by atoms with Gasteiger partial charge >= 0.3 is 5.97 Å². The smallest absolute Gasteiger partial charge is 0.333 e. The molecule has 0 radical (unpaired) electrons. The Labute approximate surface area is 88.9 Å². The van der Waals surface area contributed by atoms with Crippen molar-refractivity contribution in [2.45, 2.75) is 31.8 Å². The lowest BCUT2D eigenvalue weighted by Crippen LogP contribution is -2.34. The van der Waals surface area contributed by atoms with E-state index in [1.54, 1.807) is 6.26 Å². The van der Waals surface area contributed by atoms with Crippen LogP contribution in [0.4, 0.5) is 0 Å². The summed E-state index contributed by atoms with van der Waals surface area (Å²) < 4.78 is 10.4. The van der Waals surface area contributed by atoms with Crippen LogP contribution in [0.1, 0.15) is 25.7 Å². The monoisotopic (exact) mass is 212 g/mol. The van der Waals surface area contributed by atoms with Crippen molar-refractivity contribution in [1.29, 1.82) is 0 Å². The van der Waals surface area contributed by atoms with Crippen LogP contribution in [0.5, 0.6) is 0 Å². The zero-order valence-electron chi connectivity index (χ0n) is 8.86. The Kier molecular flexibility index (Phi) is 2.69. The molecule has 0 aromatic rings. The number of carbonyl (C=O) groups is 1. The molecule has 4 heteroatoms. The third-order valence-corrected chi connectivity index (χ3v) is 3.32. The minimum Gasteiger partial charge on any atom is -0.501 e. The summed E-state index contributed by atoms with van der Waals surface area (Å²) in [6.07, 6.45) is 4.73. The predicted octanol–water partition coefficient (Wildman–Crippen LogP) is 1.56. The molecule has 0 amide bonds. The molecular weight excluding hydrogens is 196 g/mol. The Balaban J connectivity index is 2.18. The van der Waals surface area contributed by atoms with E-state index in [1.807, 2.05) is 0 Å². The first kappa shape index (κ1) is 10.5. The summed E-state index contributed by atoms with van der Waals surface area (Å²) in [6, 6.07) is 0. The Bertz CT molecular complexity index is 291. The van der Waals surface area contributed by atoms with Gasteiger partial charge in [0.1, 0.15) is 0 Å². The molecule has 1 aliphatic carbocycles. The first-order valence-electron chi connectivity index (χ1n) is 5.27. The van der Waals surface area contributed by atoms with E-state index >= 15 is 0 Å². The van der Waals surface area contributed by atoms with Crippen LogP contribution in [0.15, 0.2) is 11.8 Å². The van der Waals surface area contributed by atoms with Gasteiger partial charge < -0.3 is 14.6 Å². The lowest BCUT2D eigenvalue weighted by molar-refractivity contribution is -0.152. The molecule has 15 heavy (non-hydrogen) atoms. The van der Waals surface area contributed by atoms with Gasteiger partial charge in [0.25, 0.3) is 0 Å². The predicted molar refractivity (Wildman–Crippen MR) is 53.4 cm³/mol. The van der Waals surface area contributed by atoms with Crippen LogP contribution >= 0.6 is 0 Å². The maximum absolute atomic E-state index is 11.1. The molecule has 2 aliphatic rings. The van der Waals surface area contributed by atoms with Gasteiger partial charge in [-0.3, -0.25) is 0 Å². The fraction of sp³-hybridized carbons (Fsp3) is 0.727. The Morgan fingerprint density at radius 3 is 2.80 bits per heavy atom. The summed E-state index contributed by atoms with van der Waals surface area (Å²) in [5.74, 6) is -0.874. The zero-order chi connectivity index (χ0) is 10.9. The standard InChI is InChI=1S/C11H16O4/c1-14-9(10(12)13)11(4-5-11)8-3-2-6-15-7-8/h7,9H,2-6H2,1H3,(H,12,13). The molecule has 0 bridgehead atoms. The van der Waals surface area contributed by atoms with E-state index in [9.17, 15) is 4.79 Å². The van der Waals surface area contributed by atoms with Crippen molar-refractivity contribution in [3.8, 4) is 0 Å². The third-order valence-electron chi connectivity index (χ3n) is 3.32. The summed E-state index contributed by atoms with van der Waals surface area (Å²) in [4.78, 5) is 11.1. The first-order valence-corrected chi connectivity index (χ1v) is 5.27. The number of hydrogen-bond acceptors (Lipinski definition) is 3. The molecule has 1 atom stereocenters. The second-order valence-electron chi connectivity index (χ2n) is 4.23. The van der Waals surface area contributed by atoms with Gasteiger partial charge in [0.15, 0.2) is 6.10 Å². The van der Waals surface area contributed by atoms with Crippen molar-refractivity contribution in [2.75, 3.05) is 13.7 Å². The van der Waals surface area contributed by atoms with Gasteiger partial charge in [-0.05, 0) is 31.3 Å². The van der Waals surface area contributed by atoms with E-state index in [1.165, 1.54) is 7.11 Å². The molecule has 2 rings (SSSR count). The zero-order valence-corrected chi connectivity index (χ0v) is 8.86. The molecule has 0 aromatic carbocycles. The first-order chi connectivity index (χ1) is 7.20. The number of rotatable bonds is 4. The van der Waals surface area contributed by atoms with Crippen molar-refractivity contribution in [1.82, 2.24) is 0 Å².